The van der Waals surface area contributed by atoms with Crippen molar-refractivity contribution in [3.8, 4) is 0 Å². The molecule has 0 fully saturated rings. The number of hydrogen-bond donors (Lipinski definition) is 2. The minimum atomic E-state index is 0.607. The third-order valence-corrected chi connectivity index (χ3v) is 2.47. The molecule has 0 spiro atoms. The predicted octanol–water partition coefficient (Wildman–Crippen LogP) is 2.27. The van der Waals surface area contributed by atoms with Gasteiger partial charge in [-0.3, -0.25) is 0 Å². The zero-order chi connectivity index (χ0) is 12.3. The van der Waals surface area contributed by atoms with Crippen LogP contribution in [-0.4, -0.2) is 16.7 Å². The van der Waals surface area contributed by atoms with Crippen molar-refractivity contribution in [3.05, 3.63) is 34.9 Å². The van der Waals surface area contributed by atoms with Gasteiger partial charge in [0.2, 0.25) is 5.89 Å². The van der Waals surface area contributed by atoms with E-state index in [0.717, 1.165) is 5.69 Å². The lowest BCUT2D eigenvalue weighted by Crippen LogP contribution is -2.07. The minimum absolute atomic E-state index is 0.607. The predicted molar refractivity (Wildman–Crippen MR) is 67.1 cm³/mol. The van der Waals surface area contributed by atoms with Gasteiger partial charge >= 0.3 is 0 Å². The summed E-state index contributed by atoms with van der Waals surface area (Å²) in [6.07, 6.45) is 0.646. The minimum Gasteiger partial charge on any atom is -0.397 e. The summed E-state index contributed by atoms with van der Waals surface area (Å²) in [7, 11) is 0. The Bertz CT molecular complexity index is 512. The summed E-state index contributed by atoms with van der Waals surface area (Å²) in [5.74, 6) is 1.25. The zero-order valence-corrected chi connectivity index (χ0v) is 10.2. The Balaban J connectivity index is 1.91. The van der Waals surface area contributed by atoms with Crippen LogP contribution in [-0.2, 0) is 6.42 Å². The largest absolute Gasteiger partial charge is 0.397 e. The number of aromatic nitrogens is 2. The molecule has 3 N–H and O–H groups in total. The van der Waals surface area contributed by atoms with E-state index in [1.54, 1.807) is 25.1 Å². The van der Waals surface area contributed by atoms with E-state index in [2.05, 4.69) is 15.5 Å². The molecule has 5 nitrogen and oxygen atoms in total. The third-order valence-electron chi connectivity index (χ3n) is 2.24. The van der Waals surface area contributed by atoms with Crippen LogP contribution in [0.4, 0.5) is 11.4 Å². The molecule has 1 heterocycles. The standard InChI is InChI=1S/C11H13ClN4O/c1-7-15-11(17-16-7)4-5-14-10-6-8(12)2-3-9(10)13/h2-3,6,14H,4-5,13H2,1H3. The van der Waals surface area contributed by atoms with E-state index in [1.165, 1.54) is 0 Å². The SMILES string of the molecule is Cc1noc(CCNc2cc(Cl)ccc2N)n1. The summed E-state index contributed by atoms with van der Waals surface area (Å²) in [4.78, 5) is 4.11. The highest BCUT2D eigenvalue weighted by Gasteiger charge is 2.03. The first-order valence-electron chi connectivity index (χ1n) is 5.23. The lowest BCUT2D eigenvalue weighted by molar-refractivity contribution is 0.377. The Labute approximate surface area is 104 Å². The number of hydrogen-bond acceptors (Lipinski definition) is 5. The van der Waals surface area contributed by atoms with Crippen LogP contribution in [0.25, 0.3) is 0 Å². The second kappa shape index (κ2) is 5.05. The molecule has 0 saturated heterocycles. The lowest BCUT2D eigenvalue weighted by atomic mass is 10.2. The van der Waals surface area contributed by atoms with Crippen molar-refractivity contribution < 1.29 is 4.52 Å². The van der Waals surface area contributed by atoms with Crippen LogP contribution in [0.15, 0.2) is 22.7 Å². The molecule has 90 valence electrons. The number of nitrogen functional groups attached to an aromatic ring is 1. The summed E-state index contributed by atoms with van der Waals surface area (Å²) in [5, 5.41) is 7.54. The molecule has 0 bridgehead atoms. The maximum atomic E-state index is 5.88. The number of benzene rings is 1. The van der Waals surface area contributed by atoms with Gasteiger partial charge in [-0.15, -0.1) is 0 Å². The first kappa shape index (κ1) is 11.7. The fraction of sp³-hybridized carbons (Fsp3) is 0.273. The van der Waals surface area contributed by atoms with Crippen LogP contribution < -0.4 is 11.1 Å². The Morgan fingerprint density at radius 3 is 3.00 bits per heavy atom. The number of nitrogens with zero attached hydrogens (tertiary/aromatic N) is 2. The first-order valence-corrected chi connectivity index (χ1v) is 5.61. The Morgan fingerprint density at radius 2 is 2.29 bits per heavy atom. The van der Waals surface area contributed by atoms with Gasteiger partial charge in [0.1, 0.15) is 0 Å². The fourth-order valence-electron chi connectivity index (χ4n) is 1.43. The van der Waals surface area contributed by atoms with Crippen LogP contribution in [0.5, 0.6) is 0 Å². The van der Waals surface area contributed by atoms with Crippen molar-refractivity contribution in [3.63, 3.8) is 0 Å². The molecule has 0 aliphatic heterocycles. The lowest BCUT2D eigenvalue weighted by Gasteiger charge is -2.08. The van der Waals surface area contributed by atoms with Crippen LogP contribution in [0, 0.1) is 6.92 Å². The van der Waals surface area contributed by atoms with Crippen LogP contribution in [0.1, 0.15) is 11.7 Å². The Kier molecular flexibility index (Phi) is 3.49. The molecule has 0 atom stereocenters. The zero-order valence-electron chi connectivity index (χ0n) is 9.40. The van der Waals surface area contributed by atoms with E-state index in [4.69, 9.17) is 21.9 Å². The van der Waals surface area contributed by atoms with E-state index in [1.807, 2.05) is 0 Å². The average molecular weight is 253 g/mol. The Morgan fingerprint density at radius 1 is 1.47 bits per heavy atom. The van der Waals surface area contributed by atoms with Crippen molar-refractivity contribution >= 4 is 23.0 Å². The monoisotopic (exact) mass is 252 g/mol. The molecule has 0 unspecified atom stereocenters. The van der Waals surface area contributed by atoms with E-state index in [0.29, 0.717) is 35.4 Å². The Hall–Kier alpha value is -1.75. The number of rotatable bonds is 4. The maximum Gasteiger partial charge on any atom is 0.228 e. The van der Waals surface area contributed by atoms with Gasteiger partial charge in [-0.25, -0.2) is 0 Å². The topological polar surface area (TPSA) is 77.0 Å². The van der Waals surface area contributed by atoms with Gasteiger partial charge < -0.3 is 15.6 Å². The molecule has 6 heteroatoms. The van der Waals surface area contributed by atoms with Gasteiger partial charge in [-0.2, -0.15) is 4.98 Å². The molecule has 1 aromatic heterocycles. The third kappa shape index (κ3) is 3.10. The van der Waals surface area contributed by atoms with Crippen molar-refractivity contribution in [1.29, 1.82) is 0 Å². The van der Waals surface area contributed by atoms with Gasteiger partial charge in [0.05, 0.1) is 11.4 Å². The number of anilines is 2. The fourth-order valence-corrected chi connectivity index (χ4v) is 1.60. The number of nitrogens with two attached hydrogens (primary N) is 1. The maximum absolute atomic E-state index is 5.88. The summed E-state index contributed by atoms with van der Waals surface area (Å²) >= 11 is 5.88. The van der Waals surface area contributed by atoms with Crippen molar-refractivity contribution in [2.24, 2.45) is 0 Å². The molecule has 2 aromatic rings. The quantitative estimate of drug-likeness (QED) is 0.817. The molecule has 1 aromatic carbocycles. The van der Waals surface area contributed by atoms with Gasteiger partial charge in [0, 0.05) is 18.0 Å². The summed E-state index contributed by atoms with van der Waals surface area (Å²) in [6.45, 7) is 2.45. The van der Waals surface area contributed by atoms with E-state index < -0.39 is 0 Å². The molecular weight excluding hydrogens is 240 g/mol. The number of halogens is 1. The van der Waals surface area contributed by atoms with Crippen molar-refractivity contribution in [2.45, 2.75) is 13.3 Å². The number of nitrogens with one attached hydrogen (secondary N) is 1. The second-order valence-electron chi connectivity index (χ2n) is 3.64. The average Bonchev–Trinajstić information content (AvgIpc) is 2.69. The van der Waals surface area contributed by atoms with E-state index in [9.17, 15) is 0 Å². The molecule has 0 radical (unpaired) electrons. The normalized spacial score (nSPS) is 10.5. The molecule has 0 aliphatic rings. The van der Waals surface area contributed by atoms with Crippen LogP contribution >= 0.6 is 11.6 Å². The molecule has 0 amide bonds. The number of aryl methyl sites for hydroxylation is 1. The summed E-state index contributed by atoms with van der Waals surface area (Å²) in [5.41, 5.74) is 7.28. The highest BCUT2D eigenvalue weighted by atomic mass is 35.5. The summed E-state index contributed by atoms with van der Waals surface area (Å²) < 4.78 is 5.00. The van der Waals surface area contributed by atoms with E-state index in [-0.39, 0.29) is 0 Å². The van der Waals surface area contributed by atoms with Crippen LogP contribution in [0.2, 0.25) is 5.02 Å². The van der Waals surface area contributed by atoms with Gasteiger partial charge in [-0.1, -0.05) is 16.8 Å². The highest BCUT2D eigenvalue weighted by molar-refractivity contribution is 6.31. The van der Waals surface area contributed by atoms with E-state index >= 15 is 0 Å². The van der Waals surface area contributed by atoms with Gasteiger partial charge in [-0.05, 0) is 25.1 Å². The highest BCUT2D eigenvalue weighted by Crippen LogP contribution is 2.22. The smallest absolute Gasteiger partial charge is 0.228 e. The molecule has 17 heavy (non-hydrogen) atoms. The van der Waals surface area contributed by atoms with Gasteiger partial charge in [0.25, 0.3) is 0 Å². The first-order chi connectivity index (χ1) is 8.15. The second-order valence-corrected chi connectivity index (χ2v) is 4.08. The van der Waals surface area contributed by atoms with Crippen LogP contribution in [0.3, 0.4) is 0 Å². The van der Waals surface area contributed by atoms with Gasteiger partial charge in [0.15, 0.2) is 5.82 Å². The molecule has 0 saturated carbocycles. The van der Waals surface area contributed by atoms with Crippen molar-refractivity contribution in [1.82, 2.24) is 10.1 Å². The molecular formula is C11H13ClN4O. The molecule has 0 aliphatic carbocycles. The van der Waals surface area contributed by atoms with Crippen molar-refractivity contribution in [2.75, 3.05) is 17.6 Å². The molecule has 2 rings (SSSR count). The summed E-state index contributed by atoms with van der Waals surface area (Å²) in [6, 6.07) is 5.31.